The Morgan fingerprint density at radius 3 is 2.44 bits per heavy atom. The molecular formula is C27H34ClN5O3. The summed E-state index contributed by atoms with van der Waals surface area (Å²) in [4.78, 5) is 26.3. The first kappa shape index (κ1) is 24.7. The number of nitrogens with zero attached hydrogens (tertiary/aromatic N) is 4. The summed E-state index contributed by atoms with van der Waals surface area (Å²) in [6, 6.07) is 3.72. The molecule has 1 N–H and O–H groups in total. The number of benzene rings is 1. The number of ether oxygens (including phenoxy) is 2. The Hall–Kier alpha value is -3.00. The van der Waals surface area contributed by atoms with Gasteiger partial charge in [-0.25, -0.2) is 14.8 Å². The topological polar surface area (TPSA) is 79.8 Å². The average Bonchev–Trinajstić information content (AvgIpc) is 2.92. The van der Waals surface area contributed by atoms with Crippen LogP contribution in [0.25, 0.3) is 10.9 Å². The molecule has 36 heavy (non-hydrogen) atoms. The molecule has 2 aromatic rings. The van der Waals surface area contributed by atoms with Crippen LogP contribution in [0.5, 0.6) is 11.5 Å². The van der Waals surface area contributed by atoms with Crippen molar-refractivity contribution >= 4 is 28.5 Å². The van der Waals surface area contributed by atoms with E-state index in [4.69, 9.17) is 21.1 Å². The molecule has 1 aromatic carbocycles. The van der Waals surface area contributed by atoms with Crippen molar-refractivity contribution in [3.8, 4) is 11.5 Å². The number of nitrogens with one attached hydrogen (secondary N) is 1. The molecule has 0 saturated carbocycles. The molecule has 3 aliphatic rings. The molecular weight excluding hydrogens is 478 g/mol. The average molecular weight is 512 g/mol. The van der Waals surface area contributed by atoms with Gasteiger partial charge in [-0.3, -0.25) is 0 Å². The summed E-state index contributed by atoms with van der Waals surface area (Å²) < 4.78 is 10.9. The van der Waals surface area contributed by atoms with Crippen LogP contribution in [-0.2, 0) is 0 Å². The number of likely N-dealkylation sites (tertiary alicyclic amines) is 2. The molecule has 0 bridgehead atoms. The second-order valence-corrected chi connectivity index (χ2v) is 10.1. The van der Waals surface area contributed by atoms with E-state index in [1.54, 1.807) is 20.5 Å². The maximum atomic E-state index is 13.0. The lowest BCUT2D eigenvalue weighted by Crippen LogP contribution is -2.47. The van der Waals surface area contributed by atoms with Crippen LogP contribution in [-0.4, -0.2) is 72.2 Å². The molecule has 192 valence electrons. The SMILES string of the molecule is COc1cc2ncnc(C3CCN(C(=O)NC4C=C(Cl)C(N5CCCCC5)=CC4)CC3)c2cc1OC. The van der Waals surface area contributed by atoms with Gasteiger partial charge in [0.1, 0.15) is 6.33 Å². The third-order valence-corrected chi connectivity index (χ3v) is 7.82. The van der Waals surface area contributed by atoms with Crippen LogP contribution < -0.4 is 14.8 Å². The smallest absolute Gasteiger partial charge is 0.317 e. The molecule has 5 rings (SSSR count). The summed E-state index contributed by atoms with van der Waals surface area (Å²) in [6.07, 6.45) is 11.9. The molecule has 2 amide bonds. The van der Waals surface area contributed by atoms with E-state index in [1.165, 1.54) is 19.3 Å². The van der Waals surface area contributed by atoms with E-state index in [0.717, 1.165) is 59.7 Å². The van der Waals surface area contributed by atoms with Gasteiger partial charge in [0.2, 0.25) is 0 Å². The number of carbonyl (C=O) groups excluding carboxylic acids is 1. The van der Waals surface area contributed by atoms with E-state index in [-0.39, 0.29) is 18.0 Å². The molecule has 9 heteroatoms. The fourth-order valence-corrected chi connectivity index (χ4v) is 5.86. The van der Waals surface area contributed by atoms with Gasteiger partial charge in [-0.1, -0.05) is 17.7 Å². The van der Waals surface area contributed by atoms with Crippen molar-refractivity contribution in [1.29, 1.82) is 0 Å². The number of piperidine rings is 2. The fraction of sp³-hybridized carbons (Fsp3) is 0.519. The van der Waals surface area contributed by atoms with Gasteiger partial charge in [0.05, 0.1) is 42.2 Å². The number of halogens is 1. The van der Waals surface area contributed by atoms with E-state index >= 15 is 0 Å². The zero-order valence-electron chi connectivity index (χ0n) is 21.0. The Bertz CT molecular complexity index is 1170. The number of urea groups is 1. The predicted molar refractivity (Wildman–Crippen MR) is 141 cm³/mol. The first-order chi connectivity index (χ1) is 17.6. The molecule has 0 radical (unpaired) electrons. The highest BCUT2D eigenvalue weighted by atomic mass is 35.5. The standard InChI is InChI=1S/C27H34ClN5O3/c1-35-24-15-20-22(16-25(24)36-2)29-17-30-26(20)18-8-12-33(13-9-18)27(34)31-19-6-7-23(21(28)14-19)32-10-4-3-5-11-32/h7,14-19H,3-6,8-13H2,1-2H3,(H,31,34). The molecule has 1 unspecified atom stereocenters. The lowest BCUT2D eigenvalue weighted by atomic mass is 9.91. The first-order valence-corrected chi connectivity index (χ1v) is 13.2. The molecule has 1 aromatic heterocycles. The van der Waals surface area contributed by atoms with Crippen LogP contribution in [0, 0.1) is 0 Å². The summed E-state index contributed by atoms with van der Waals surface area (Å²) >= 11 is 6.61. The van der Waals surface area contributed by atoms with Gasteiger partial charge in [0, 0.05) is 43.5 Å². The van der Waals surface area contributed by atoms with Crippen molar-refractivity contribution < 1.29 is 14.3 Å². The maximum Gasteiger partial charge on any atom is 0.317 e. The summed E-state index contributed by atoms with van der Waals surface area (Å²) in [6.45, 7) is 3.47. The predicted octanol–water partition coefficient (Wildman–Crippen LogP) is 4.80. The van der Waals surface area contributed by atoms with E-state index in [9.17, 15) is 4.79 Å². The second kappa shape index (κ2) is 10.9. The highest BCUT2D eigenvalue weighted by Gasteiger charge is 2.28. The zero-order chi connectivity index (χ0) is 25.1. The van der Waals surface area contributed by atoms with Crippen molar-refractivity contribution in [3.63, 3.8) is 0 Å². The molecule has 1 aliphatic carbocycles. The van der Waals surface area contributed by atoms with E-state index in [2.05, 4.69) is 26.3 Å². The Labute approximate surface area is 217 Å². The van der Waals surface area contributed by atoms with Gasteiger partial charge < -0.3 is 24.6 Å². The molecule has 2 saturated heterocycles. The molecule has 1 atom stereocenters. The third-order valence-electron chi connectivity index (χ3n) is 7.50. The van der Waals surface area contributed by atoms with Crippen molar-refractivity contribution in [3.05, 3.63) is 47.0 Å². The monoisotopic (exact) mass is 511 g/mol. The normalized spacial score (nSPS) is 21.1. The molecule has 0 spiro atoms. The lowest BCUT2D eigenvalue weighted by Gasteiger charge is -2.35. The third kappa shape index (κ3) is 5.09. The lowest BCUT2D eigenvalue weighted by molar-refractivity contribution is 0.179. The number of carbonyl (C=O) groups is 1. The summed E-state index contributed by atoms with van der Waals surface area (Å²) in [5.74, 6) is 1.56. The number of methoxy groups -OCH3 is 2. The largest absolute Gasteiger partial charge is 0.493 e. The number of allylic oxidation sites excluding steroid dienone is 1. The van der Waals surface area contributed by atoms with Crippen molar-refractivity contribution in [2.45, 2.75) is 50.5 Å². The van der Waals surface area contributed by atoms with Crippen molar-refractivity contribution in [2.75, 3.05) is 40.4 Å². The zero-order valence-corrected chi connectivity index (χ0v) is 21.8. The first-order valence-electron chi connectivity index (χ1n) is 12.8. The summed E-state index contributed by atoms with van der Waals surface area (Å²) in [5.41, 5.74) is 2.95. The van der Waals surface area contributed by atoms with Crippen LogP contribution in [0.4, 0.5) is 4.79 Å². The Kier molecular flexibility index (Phi) is 7.51. The van der Waals surface area contributed by atoms with Crippen molar-refractivity contribution in [2.24, 2.45) is 0 Å². The van der Waals surface area contributed by atoms with E-state index in [1.807, 2.05) is 23.1 Å². The van der Waals surface area contributed by atoms with Crippen LogP contribution >= 0.6 is 11.6 Å². The van der Waals surface area contributed by atoms with Crippen LogP contribution in [0.15, 0.2) is 41.3 Å². The molecule has 8 nitrogen and oxygen atoms in total. The van der Waals surface area contributed by atoms with Gasteiger partial charge in [-0.15, -0.1) is 0 Å². The molecule has 2 aliphatic heterocycles. The van der Waals surface area contributed by atoms with Crippen LogP contribution in [0.3, 0.4) is 0 Å². The summed E-state index contributed by atoms with van der Waals surface area (Å²) in [7, 11) is 3.25. The number of aromatic nitrogens is 2. The van der Waals surface area contributed by atoms with Gasteiger partial charge in [0.25, 0.3) is 0 Å². The van der Waals surface area contributed by atoms with Crippen LogP contribution in [0.1, 0.15) is 50.1 Å². The van der Waals surface area contributed by atoms with E-state index < -0.39 is 0 Å². The number of amides is 2. The van der Waals surface area contributed by atoms with Crippen LogP contribution in [0.2, 0.25) is 0 Å². The quantitative estimate of drug-likeness (QED) is 0.621. The van der Waals surface area contributed by atoms with Crippen molar-refractivity contribution in [1.82, 2.24) is 25.1 Å². The maximum absolute atomic E-state index is 13.0. The highest BCUT2D eigenvalue weighted by molar-refractivity contribution is 6.32. The van der Waals surface area contributed by atoms with Gasteiger partial charge >= 0.3 is 6.03 Å². The summed E-state index contributed by atoms with van der Waals surface area (Å²) in [5, 5.41) is 4.88. The van der Waals surface area contributed by atoms with Gasteiger partial charge in [-0.2, -0.15) is 0 Å². The molecule has 2 fully saturated rings. The van der Waals surface area contributed by atoms with Gasteiger partial charge in [0.15, 0.2) is 11.5 Å². The fourth-order valence-electron chi connectivity index (χ4n) is 5.52. The second-order valence-electron chi connectivity index (χ2n) is 9.69. The minimum absolute atomic E-state index is 0.0343. The van der Waals surface area contributed by atoms with Gasteiger partial charge in [-0.05, 0) is 50.7 Å². The Balaban J connectivity index is 1.20. The number of hydrogen-bond donors (Lipinski definition) is 1. The minimum Gasteiger partial charge on any atom is -0.493 e. The Morgan fingerprint density at radius 1 is 1.03 bits per heavy atom. The number of fused-ring (bicyclic) bond motifs is 1. The highest BCUT2D eigenvalue weighted by Crippen LogP contribution is 2.37. The number of hydrogen-bond acceptors (Lipinski definition) is 6. The Morgan fingerprint density at radius 2 is 1.75 bits per heavy atom. The molecule has 3 heterocycles. The minimum atomic E-state index is -0.0792. The van der Waals surface area contributed by atoms with E-state index in [0.29, 0.717) is 24.6 Å². The number of rotatable bonds is 5.